The molecule has 106 valence electrons. The molecule has 2 aliphatic carbocycles. The molecule has 2 saturated carbocycles. The van der Waals surface area contributed by atoms with Gasteiger partial charge in [-0.3, -0.25) is 4.79 Å². The second-order valence-corrected chi connectivity index (χ2v) is 6.82. The van der Waals surface area contributed by atoms with Crippen LogP contribution in [0.1, 0.15) is 58.3 Å². The maximum atomic E-state index is 12.4. The minimum absolute atomic E-state index is 0.00353. The number of allylic oxidation sites excluding steroid dienone is 1. The normalized spacial score (nSPS) is 41.2. The number of fused-ring (bicyclic) bond motifs is 1. The van der Waals surface area contributed by atoms with E-state index in [0.717, 1.165) is 38.5 Å². The van der Waals surface area contributed by atoms with Gasteiger partial charge in [0.15, 0.2) is 11.6 Å². The number of carbonyl (C=O) groups is 1. The minimum Gasteiger partial charge on any atom is -0.343 e. The molecule has 0 amide bonds. The summed E-state index contributed by atoms with van der Waals surface area (Å²) in [5, 5.41) is 0. The van der Waals surface area contributed by atoms with Gasteiger partial charge >= 0.3 is 0 Å². The van der Waals surface area contributed by atoms with Gasteiger partial charge in [-0.25, -0.2) is 0 Å². The van der Waals surface area contributed by atoms with Crippen LogP contribution in [0.2, 0.25) is 0 Å². The van der Waals surface area contributed by atoms with Gasteiger partial charge in [-0.2, -0.15) is 0 Å². The van der Waals surface area contributed by atoms with Crippen molar-refractivity contribution in [2.24, 2.45) is 5.41 Å². The number of hydrogen-bond donors (Lipinski definition) is 0. The second kappa shape index (κ2) is 4.71. The van der Waals surface area contributed by atoms with Crippen molar-refractivity contribution in [2.45, 2.75) is 76.3 Å². The molecule has 0 N–H and O–H groups in total. The summed E-state index contributed by atoms with van der Waals surface area (Å²) in [5.74, 6) is -0.217. The summed E-state index contributed by atoms with van der Waals surface area (Å²) in [6.07, 6.45) is 9.41. The first-order chi connectivity index (χ1) is 9.06. The van der Waals surface area contributed by atoms with Crippen LogP contribution in [0.4, 0.5) is 0 Å². The van der Waals surface area contributed by atoms with E-state index in [9.17, 15) is 4.79 Å². The Morgan fingerprint density at radius 1 is 1.32 bits per heavy atom. The van der Waals surface area contributed by atoms with Crippen molar-refractivity contribution in [3.8, 4) is 0 Å². The lowest BCUT2D eigenvalue weighted by atomic mass is 9.71. The van der Waals surface area contributed by atoms with Gasteiger partial charge in [0, 0.05) is 19.3 Å². The summed E-state index contributed by atoms with van der Waals surface area (Å²) in [5.41, 5.74) is 0.00353. The lowest BCUT2D eigenvalue weighted by molar-refractivity contribution is -0.194. The predicted molar refractivity (Wildman–Crippen MR) is 72.7 cm³/mol. The largest absolute Gasteiger partial charge is 0.343 e. The number of hydrogen-bond acceptors (Lipinski definition) is 3. The second-order valence-electron chi connectivity index (χ2n) is 6.82. The molecule has 0 aromatic heterocycles. The Bertz CT molecular complexity index is 383. The molecule has 1 heterocycles. The van der Waals surface area contributed by atoms with Crippen molar-refractivity contribution in [3.63, 3.8) is 0 Å². The first kappa shape index (κ1) is 13.3. The molecule has 3 rings (SSSR count). The van der Waals surface area contributed by atoms with Crippen molar-refractivity contribution in [3.05, 3.63) is 12.7 Å². The highest BCUT2D eigenvalue weighted by Crippen LogP contribution is 2.48. The molecule has 3 heteroatoms. The summed E-state index contributed by atoms with van der Waals surface area (Å²) in [7, 11) is 0. The summed E-state index contributed by atoms with van der Waals surface area (Å²) in [6.45, 7) is 5.98. The third kappa shape index (κ3) is 2.38. The van der Waals surface area contributed by atoms with Crippen molar-refractivity contribution >= 4 is 5.78 Å². The average Bonchev–Trinajstić information content (AvgIpc) is 2.68. The molecule has 1 saturated heterocycles. The summed E-state index contributed by atoms with van der Waals surface area (Å²) in [4.78, 5) is 12.4. The van der Waals surface area contributed by atoms with E-state index in [0.29, 0.717) is 6.42 Å². The van der Waals surface area contributed by atoms with Gasteiger partial charge in [0.25, 0.3) is 0 Å². The highest BCUT2D eigenvalue weighted by Gasteiger charge is 2.55. The van der Waals surface area contributed by atoms with Gasteiger partial charge < -0.3 is 9.47 Å². The standard InChI is InChI=1S/C16H24O3/c1-3-7-15(2)10-12(17)14-13(11-15)18-16(19-14)8-5-4-6-9-16/h3,13-14H,1,4-11H2,2H3/t13-,14+,15+/m1/s1. The van der Waals surface area contributed by atoms with E-state index < -0.39 is 5.79 Å². The van der Waals surface area contributed by atoms with Crippen LogP contribution in [0.3, 0.4) is 0 Å². The third-order valence-electron chi connectivity index (χ3n) is 4.91. The van der Waals surface area contributed by atoms with Crippen LogP contribution in [0.25, 0.3) is 0 Å². The third-order valence-corrected chi connectivity index (χ3v) is 4.91. The lowest BCUT2D eigenvalue weighted by Crippen LogP contribution is -2.43. The van der Waals surface area contributed by atoms with E-state index in [-0.39, 0.29) is 23.4 Å². The molecule has 0 aromatic rings. The van der Waals surface area contributed by atoms with Gasteiger partial charge in [-0.15, -0.1) is 6.58 Å². The Morgan fingerprint density at radius 3 is 2.74 bits per heavy atom. The highest BCUT2D eigenvalue weighted by atomic mass is 16.8. The summed E-state index contributed by atoms with van der Waals surface area (Å²) >= 11 is 0. The molecular formula is C16H24O3. The van der Waals surface area contributed by atoms with Gasteiger partial charge in [-0.05, 0) is 31.1 Å². The Labute approximate surface area is 115 Å². The Morgan fingerprint density at radius 2 is 2.05 bits per heavy atom. The molecule has 3 aliphatic rings. The SMILES string of the molecule is C=CC[C@@]1(C)CC(=O)[C@@H]2OC3(CCCCC3)O[C@@H]2C1. The van der Waals surface area contributed by atoms with Gasteiger partial charge in [0.1, 0.15) is 6.10 Å². The lowest BCUT2D eigenvalue weighted by Gasteiger charge is -2.36. The molecule has 0 radical (unpaired) electrons. The number of ether oxygens (including phenoxy) is 2. The zero-order chi connectivity index (χ0) is 13.5. The van der Waals surface area contributed by atoms with E-state index in [1.54, 1.807) is 0 Å². The van der Waals surface area contributed by atoms with Crippen LogP contribution in [-0.4, -0.2) is 23.8 Å². The van der Waals surface area contributed by atoms with Gasteiger partial charge in [0.2, 0.25) is 0 Å². The minimum atomic E-state index is -0.442. The molecule has 19 heavy (non-hydrogen) atoms. The summed E-state index contributed by atoms with van der Waals surface area (Å²) < 4.78 is 12.3. The van der Waals surface area contributed by atoms with E-state index in [1.807, 2.05) is 6.08 Å². The molecule has 3 atom stereocenters. The number of rotatable bonds is 2. The quantitative estimate of drug-likeness (QED) is 0.717. The summed E-state index contributed by atoms with van der Waals surface area (Å²) in [6, 6.07) is 0. The van der Waals surface area contributed by atoms with Crippen LogP contribution in [-0.2, 0) is 14.3 Å². The molecular weight excluding hydrogens is 240 g/mol. The van der Waals surface area contributed by atoms with Gasteiger partial charge in [0.05, 0.1) is 6.10 Å². The first-order valence-electron chi connectivity index (χ1n) is 7.55. The molecule has 3 nitrogen and oxygen atoms in total. The first-order valence-corrected chi connectivity index (χ1v) is 7.55. The van der Waals surface area contributed by atoms with Crippen molar-refractivity contribution in [2.75, 3.05) is 0 Å². The molecule has 0 aromatic carbocycles. The number of carbonyl (C=O) groups excluding carboxylic acids is 1. The van der Waals surface area contributed by atoms with E-state index >= 15 is 0 Å². The average molecular weight is 264 g/mol. The molecule has 1 aliphatic heterocycles. The van der Waals surface area contributed by atoms with Gasteiger partial charge in [-0.1, -0.05) is 19.4 Å². The Kier molecular flexibility index (Phi) is 3.30. The Hall–Kier alpha value is -0.670. The maximum absolute atomic E-state index is 12.4. The fourth-order valence-corrected chi connectivity index (χ4v) is 4.00. The van der Waals surface area contributed by atoms with Crippen LogP contribution in [0.15, 0.2) is 12.7 Å². The smallest absolute Gasteiger partial charge is 0.169 e. The molecule has 3 fully saturated rings. The van der Waals surface area contributed by atoms with Crippen LogP contribution in [0.5, 0.6) is 0 Å². The van der Waals surface area contributed by atoms with Crippen LogP contribution < -0.4 is 0 Å². The maximum Gasteiger partial charge on any atom is 0.169 e. The zero-order valence-electron chi connectivity index (χ0n) is 11.8. The topological polar surface area (TPSA) is 35.5 Å². The number of Topliss-reactive ketones (excluding diaryl/α,β-unsaturated/α-hetero) is 1. The zero-order valence-corrected chi connectivity index (χ0v) is 11.8. The van der Waals surface area contributed by atoms with E-state index in [4.69, 9.17) is 9.47 Å². The number of ketones is 1. The van der Waals surface area contributed by atoms with Crippen LogP contribution >= 0.6 is 0 Å². The monoisotopic (exact) mass is 264 g/mol. The van der Waals surface area contributed by atoms with E-state index in [1.165, 1.54) is 6.42 Å². The highest BCUT2D eigenvalue weighted by molar-refractivity contribution is 5.85. The molecule has 0 bridgehead atoms. The molecule has 0 unspecified atom stereocenters. The molecule has 1 spiro atoms. The Balaban J connectivity index is 1.76. The predicted octanol–water partition coefficient (Wildman–Crippen LogP) is 3.38. The van der Waals surface area contributed by atoms with E-state index in [2.05, 4.69) is 13.5 Å². The van der Waals surface area contributed by atoms with Crippen LogP contribution in [0, 0.1) is 5.41 Å². The van der Waals surface area contributed by atoms with Crippen molar-refractivity contribution in [1.82, 2.24) is 0 Å². The fourth-order valence-electron chi connectivity index (χ4n) is 4.00. The van der Waals surface area contributed by atoms with Crippen molar-refractivity contribution in [1.29, 1.82) is 0 Å². The fraction of sp³-hybridized carbons (Fsp3) is 0.812. The van der Waals surface area contributed by atoms with Crippen molar-refractivity contribution < 1.29 is 14.3 Å².